The molecule has 1 saturated heterocycles. The van der Waals surface area contributed by atoms with Crippen molar-refractivity contribution in [3.8, 4) is 0 Å². The van der Waals surface area contributed by atoms with Crippen molar-refractivity contribution in [3.05, 3.63) is 58.6 Å². The minimum atomic E-state index is -3.63. The summed E-state index contributed by atoms with van der Waals surface area (Å²) in [6, 6.07) is 15.5. The van der Waals surface area contributed by atoms with Gasteiger partial charge in [-0.1, -0.05) is 40.2 Å². The Balaban J connectivity index is 1.59. The third-order valence-corrected chi connectivity index (χ3v) is 6.49. The molecule has 2 aromatic carbocycles. The van der Waals surface area contributed by atoms with Crippen molar-refractivity contribution in [3.63, 3.8) is 0 Å². The molecule has 2 aliphatic heterocycles. The third kappa shape index (κ3) is 3.36. The van der Waals surface area contributed by atoms with Gasteiger partial charge >= 0.3 is 0 Å². The second-order valence-electron chi connectivity index (χ2n) is 6.32. The number of amidine groups is 1. The van der Waals surface area contributed by atoms with E-state index in [0.717, 1.165) is 23.9 Å². The largest absolute Gasteiger partial charge is 0.341 e. The molecule has 4 rings (SSSR count). The fraction of sp³-hybridized carbons (Fsp3) is 0.278. The van der Waals surface area contributed by atoms with E-state index < -0.39 is 10.0 Å². The fourth-order valence-electron chi connectivity index (χ4n) is 3.53. The van der Waals surface area contributed by atoms with Crippen LogP contribution in [0.25, 0.3) is 0 Å². The van der Waals surface area contributed by atoms with Gasteiger partial charge in [-0.3, -0.25) is 4.90 Å². The van der Waals surface area contributed by atoms with Crippen LogP contribution < -0.4 is 5.32 Å². The lowest BCUT2D eigenvalue weighted by Crippen LogP contribution is -2.35. The molecule has 0 amide bonds. The van der Waals surface area contributed by atoms with E-state index in [1.807, 2.05) is 18.2 Å². The van der Waals surface area contributed by atoms with E-state index in [0.29, 0.717) is 18.1 Å². The molecule has 1 unspecified atom stereocenters. The minimum Gasteiger partial charge on any atom is -0.341 e. The zero-order valence-corrected chi connectivity index (χ0v) is 15.9. The molecule has 0 bridgehead atoms. The molecule has 0 aliphatic carbocycles. The lowest BCUT2D eigenvalue weighted by molar-refractivity contribution is 0.294. The Morgan fingerprint density at radius 1 is 1.20 bits per heavy atom. The first-order chi connectivity index (χ1) is 12.0. The van der Waals surface area contributed by atoms with Gasteiger partial charge in [0.15, 0.2) is 0 Å². The van der Waals surface area contributed by atoms with Crippen LogP contribution >= 0.6 is 15.9 Å². The summed E-state index contributed by atoms with van der Waals surface area (Å²) in [4.78, 5) is 2.53. The predicted molar refractivity (Wildman–Crippen MR) is 102 cm³/mol. The monoisotopic (exact) mass is 419 g/mol. The van der Waals surface area contributed by atoms with Crippen LogP contribution in [0.5, 0.6) is 0 Å². The summed E-state index contributed by atoms with van der Waals surface area (Å²) in [6.07, 6.45) is 2.15. The van der Waals surface area contributed by atoms with Gasteiger partial charge in [0.05, 0.1) is 12.2 Å². The number of benzene rings is 2. The lowest BCUT2D eigenvalue weighted by atomic mass is 10.0. The number of likely N-dealkylation sites (tertiary alicyclic amines) is 1. The molecular formula is C18H18BrN3O2S. The van der Waals surface area contributed by atoms with Crippen molar-refractivity contribution in [1.29, 1.82) is 0 Å². The second kappa shape index (κ2) is 6.55. The van der Waals surface area contributed by atoms with Crippen molar-refractivity contribution in [2.24, 2.45) is 4.40 Å². The Hall–Kier alpha value is -1.70. The third-order valence-electron chi connectivity index (χ3n) is 4.62. The van der Waals surface area contributed by atoms with Crippen LogP contribution in [0.4, 0.5) is 5.69 Å². The van der Waals surface area contributed by atoms with Crippen molar-refractivity contribution >= 4 is 37.5 Å². The first-order valence-electron chi connectivity index (χ1n) is 8.22. The maximum atomic E-state index is 12.4. The number of para-hydroxylation sites is 1. The van der Waals surface area contributed by atoms with Crippen molar-refractivity contribution < 1.29 is 8.42 Å². The van der Waals surface area contributed by atoms with E-state index in [1.54, 1.807) is 18.2 Å². The zero-order valence-electron chi connectivity index (χ0n) is 13.5. The highest BCUT2D eigenvalue weighted by atomic mass is 79.9. The molecule has 2 aliphatic rings. The standard InChI is InChI=1S/C18H18BrN3O2S/c19-14-6-3-5-13(11-14)16-8-4-10-22(16)12-18-20-15-7-1-2-9-17(15)25(23,24)21-18/h1-3,5-7,9,11,16H,4,8,10,12H2,(H,20,21). The normalized spacial score (nSPS) is 22.1. The quantitative estimate of drug-likeness (QED) is 0.821. The lowest BCUT2D eigenvalue weighted by Gasteiger charge is -2.27. The number of hydrogen-bond donors (Lipinski definition) is 1. The number of fused-ring (bicyclic) bond motifs is 1. The van der Waals surface area contributed by atoms with Crippen LogP contribution in [-0.4, -0.2) is 32.2 Å². The number of anilines is 1. The van der Waals surface area contributed by atoms with Gasteiger partial charge in [-0.05, 0) is 49.2 Å². The van der Waals surface area contributed by atoms with Gasteiger partial charge in [-0.2, -0.15) is 8.42 Å². The molecular weight excluding hydrogens is 402 g/mol. The van der Waals surface area contributed by atoms with E-state index in [2.05, 4.69) is 42.7 Å². The van der Waals surface area contributed by atoms with Crippen LogP contribution in [0.3, 0.4) is 0 Å². The Kier molecular flexibility index (Phi) is 4.39. The topological polar surface area (TPSA) is 61.8 Å². The summed E-state index contributed by atoms with van der Waals surface area (Å²) >= 11 is 3.53. The van der Waals surface area contributed by atoms with Crippen molar-refractivity contribution in [2.75, 3.05) is 18.4 Å². The highest BCUT2D eigenvalue weighted by molar-refractivity contribution is 9.10. The molecule has 0 aromatic heterocycles. The molecule has 5 nitrogen and oxygen atoms in total. The smallest absolute Gasteiger partial charge is 0.286 e. The van der Waals surface area contributed by atoms with Gasteiger partial charge in [-0.15, -0.1) is 4.40 Å². The van der Waals surface area contributed by atoms with E-state index in [4.69, 9.17) is 0 Å². The number of sulfonamides is 1. The van der Waals surface area contributed by atoms with Crippen molar-refractivity contribution in [1.82, 2.24) is 4.90 Å². The van der Waals surface area contributed by atoms with Crippen LogP contribution in [0.1, 0.15) is 24.4 Å². The minimum absolute atomic E-state index is 0.240. The fourth-order valence-corrected chi connectivity index (χ4v) is 5.09. The van der Waals surface area contributed by atoms with Gasteiger partial charge in [0.25, 0.3) is 10.0 Å². The summed E-state index contributed by atoms with van der Waals surface area (Å²) in [7, 11) is -3.63. The SMILES string of the molecule is O=S1(=O)N=C(CN2CCCC2c2cccc(Br)c2)Nc2ccccc21. The van der Waals surface area contributed by atoms with Crippen LogP contribution in [-0.2, 0) is 10.0 Å². The Labute approximate surface area is 155 Å². The van der Waals surface area contributed by atoms with Gasteiger partial charge in [0.2, 0.25) is 0 Å². The van der Waals surface area contributed by atoms with E-state index in [1.165, 1.54) is 5.56 Å². The summed E-state index contributed by atoms with van der Waals surface area (Å²) in [5.41, 5.74) is 1.84. The van der Waals surface area contributed by atoms with Crippen LogP contribution in [0, 0.1) is 0 Å². The highest BCUT2D eigenvalue weighted by Gasteiger charge is 2.30. The molecule has 1 atom stereocenters. The van der Waals surface area contributed by atoms with Gasteiger partial charge in [0, 0.05) is 10.5 Å². The predicted octanol–water partition coefficient (Wildman–Crippen LogP) is 3.80. The summed E-state index contributed by atoms with van der Waals surface area (Å²) < 4.78 is 29.9. The Morgan fingerprint density at radius 3 is 2.88 bits per heavy atom. The first kappa shape index (κ1) is 16.8. The summed E-state index contributed by atoms with van der Waals surface area (Å²) in [6.45, 7) is 1.42. The van der Waals surface area contributed by atoms with Gasteiger partial charge in [0.1, 0.15) is 10.7 Å². The molecule has 130 valence electrons. The van der Waals surface area contributed by atoms with E-state index in [-0.39, 0.29) is 10.9 Å². The summed E-state index contributed by atoms with van der Waals surface area (Å²) in [5, 5.41) is 3.18. The molecule has 1 fully saturated rings. The van der Waals surface area contributed by atoms with Crippen molar-refractivity contribution in [2.45, 2.75) is 23.8 Å². The second-order valence-corrected chi connectivity index (χ2v) is 8.81. The van der Waals surface area contributed by atoms with Crippen LogP contribution in [0.2, 0.25) is 0 Å². The van der Waals surface area contributed by atoms with E-state index >= 15 is 0 Å². The first-order valence-corrected chi connectivity index (χ1v) is 10.5. The average molecular weight is 420 g/mol. The summed E-state index contributed by atoms with van der Waals surface area (Å²) in [5.74, 6) is 0.487. The maximum Gasteiger partial charge on any atom is 0.286 e. The molecule has 2 aromatic rings. The Morgan fingerprint density at radius 2 is 2.04 bits per heavy atom. The number of nitrogens with zero attached hydrogens (tertiary/aromatic N) is 2. The molecule has 7 heteroatoms. The number of nitrogens with one attached hydrogen (secondary N) is 1. The average Bonchev–Trinajstić information content (AvgIpc) is 3.02. The molecule has 0 spiro atoms. The van der Waals surface area contributed by atoms with E-state index in [9.17, 15) is 8.42 Å². The zero-order chi connectivity index (χ0) is 17.4. The molecule has 25 heavy (non-hydrogen) atoms. The maximum absolute atomic E-state index is 12.4. The molecule has 2 heterocycles. The molecule has 1 N–H and O–H groups in total. The van der Waals surface area contributed by atoms with Gasteiger partial charge < -0.3 is 5.32 Å². The molecule has 0 radical (unpaired) electrons. The number of halogens is 1. The Bertz CT molecular complexity index is 943. The number of hydrogen-bond acceptors (Lipinski definition) is 4. The highest BCUT2D eigenvalue weighted by Crippen LogP contribution is 2.34. The van der Waals surface area contributed by atoms with Gasteiger partial charge in [-0.25, -0.2) is 0 Å². The van der Waals surface area contributed by atoms with Crippen LogP contribution in [0.15, 0.2) is 62.3 Å². The number of rotatable bonds is 3. The molecule has 0 saturated carbocycles.